The Labute approximate surface area is 126 Å². The van der Waals surface area contributed by atoms with Gasteiger partial charge in [0.25, 0.3) is 0 Å². The molecule has 0 spiro atoms. The minimum atomic E-state index is -0.408. The average Bonchev–Trinajstić information content (AvgIpc) is 2.49. The number of hydrogen-bond acceptors (Lipinski definition) is 3. The summed E-state index contributed by atoms with van der Waals surface area (Å²) in [6.07, 6.45) is 0. The van der Waals surface area contributed by atoms with Gasteiger partial charge in [-0.05, 0) is 36.4 Å². The Morgan fingerprint density at radius 1 is 1.10 bits per heavy atom. The zero-order valence-corrected chi connectivity index (χ0v) is 11.6. The lowest BCUT2D eigenvalue weighted by Gasteiger charge is -2.08. The van der Waals surface area contributed by atoms with Gasteiger partial charge in [0.15, 0.2) is 5.84 Å². The van der Waals surface area contributed by atoms with Crippen LogP contribution in [0, 0.1) is 0 Å². The summed E-state index contributed by atoms with van der Waals surface area (Å²) in [4.78, 5) is 11.9. The third-order valence-electron chi connectivity index (χ3n) is 2.63. The van der Waals surface area contributed by atoms with E-state index in [1.807, 2.05) is 0 Å². The van der Waals surface area contributed by atoms with Crippen molar-refractivity contribution >= 4 is 34.8 Å². The molecule has 0 saturated heterocycles. The van der Waals surface area contributed by atoms with E-state index in [4.69, 9.17) is 22.5 Å². The predicted molar refractivity (Wildman–Crippen MR) is 83.0 cm³/mol. The van der Waals surface area contributed by atoms with E-state index in [0.29, 0.717) is 22.0 Å². The second kappa shape index (κ2) is 6.62. The number of amides is 2. The zero-order valence-electron chi connectivity index (χ0n) is 10.9. The molecule has 0 fully saturated rings. The maximum absolute atomic E-state index is 11.9. The van der Waals surface area contributed by atoms with Crippen LogP contribution in [0.3, 0.4) is 0 Å². The van der Waals surface area contributed by atoms with E-state index < -0.39 is 6.03 Å². The number of halogens is 1. The fourth-order valence-electron chi connectivity index (χ4n) is 1.64. The van der Waals surface area contributed by atoms with E-state index >= 15 is 0 Å². The van der Waals surface area contributed by atoms with Gasteiger partial charge >= 0.3 is 6.03 Å². The molecule has 0 bridgehead atoms. The van der Waals surface area contributed by atoms with Crippen LogP contribution in [0.5, 0.6) is 0 Å². The van der Waals surface area contributed by atoms with Crippen molar-refractivity contribution in [3.8, 4) is 0 Å². The molecule has 0 aliphatic rings. The highest BCUT2D eigenvalue weighted by atomic mass is 35.5. The van der Waals surface area contributed by atoms with Crippen molar-refractivity contribution in [1.29, 1.82) is 0 Å². The number of oxime groups is 1. The number of rotatable bonds is 3. The quantitative estimate of drug-likeness (QED) is 0.303. The number of amidine groups is 1. The summed E-state index contributed by atoms with van der Waals surface area (Å²) in [5.41, 5.74) is 7.13. The molecular formula is C14H13ClN4O2. The second-order valence-electron chi connectivity index (χ2n) is 4.15. The first-order chi connectivity index (χ1) is 10.1. The molecule has 6 nitrogen and oxygen atoms in total. The lowest BCUT2D eigenvalue weighted by atomic mass is 10.2. The number of nitrogens with zero attached hydrogens (tertiary/aromatic N) is 1. The average molecular weight is 305 g/mol. The van der Waals surface area contributed by atoms with Crippen molar-refractivity contribution in [3.63, 3.8) is 0 Å². The van der Waals surface area contributed by atoms with Crippen molar-refractivity contribution in [3.05, 3.63) is 59.1 Å². The molecule has 5 N–H and O–H groups in total. The number of benzene rings is 2. The fraction of sp³-hybridized carbons (Fsp3) is 0. The largest absolute Gasteiger partial charge is 0.409 e. The highest BCUT2D eigenvalue weighted by Gasteiger charge is 2.05. The molecule has 0 atom stereocenters. The summed E-state index contributed by atoms with van der Waals surface area (Å²) in [6.45, 7) is 0. The van der Waals surface area contributed by atoms with Gasteiger partial charge in [-0.3, -0.25) is 0 Å². The summed E-state index contributed by atoms with van der Waals surface area (Å²) in [6, 6.07) is 13.0. The van der Waals surface area contributed by atoms with Crippen LogP contribution >= 0.6 is 11.6 Å². The monoisotopic (exact) mass is 304 g/mol. The van der Waals surface area contributed by atoms with E-state index in [2.05, 4.69) is 15.8 Å². The number of nitrogens with one attached hydrogen (secondary N) is 2. The van der Waals surface area contributed by atoms with E-state index in [1.165, 1.54) is 0 Å². The zero-order chi connectivity index (χ0) is 15.2. The Morgan fingerprint density at radius 3 is 2.43 bits per heavy atom. The number of anilines is 2. The lowest BCUT2D eigenvalue weighted by molar-refractivity contribution is 0.262. The van der Waals surface area contributed by atoms with E-state index in [9.17, 15) is 4.79 Å². The summed E-state index contributed by atoms with van der Waals surface area (Å²) in [7, 11) is 0. The van der Waals surface area contributed by atoms with Gasteiger partial charge in [0.1, 0.15) is 0 Å². The third-order valence-corrected chi connectivity index (χ3v) is 2.88. The molecule has 0 saturated carbocycles. The van der Waals surface area contributed by atoms with Gasteiger partial charge < -0.3 is 21.6 Å². The molecule has 7 heteroatoms. The van der Waals surface area contributed by atoms with Gasteiger partial charge in [-0.25, -0.2) is 4.79 Å². The van der Waals surface area contributed by atoms with Crippen LogP contribution in [0.15, 0.2) is 53.7 Å². The summed E-state index contributed by atoms with van der Waals surface area (Å²) < 4.78 is 0. The van der Waals surface area contributed by atoms with E-state index in [1.54, 1.807) is 48.5 Å². The van der Waals surface area contributed by atoms with Crippen LogP contribution in [0.1, 0.15) is 5.56 Å². The topological polar surface area (TPSA) is 99.7 Å². The minimum Gasteiger partial charge on any atom is -0.409 e. The van der Waals surface area contributed by atoms with Gasteiger partial charge in [0, 0.05) is 22.0 Å². The second-order valence-corrected chi connectivity index (χ2v) is 4.59. The van der Waals surface area contributed by atoms with Crippen molar-refractivity contribution < 1.29 is 10.0 Å². The van der Waals surface area contributed by atoms with E-state index in [0.717, 1.165) is 0 Å². The Morgan fingerprint density at radius 2 is 1.76 bits per heavy atom. The van der Waals surface area contributed by atoms with Crippen LogP contribution in [-0.2, 0) is 0 Å². The number of urea groups is 1. The molecule has 108 valence electrons. The molecule has 2 amide bonds. The molecule has 0 unspecified atom stereocenters. The molecule has 0 aliphatic carbocycles. The highest BCUT2D eigenvalue weighted by Crippen LogP contribution is 2.15. The van der Waals surface area contributed by atoms with Crippen molar-refractivity contribution in [2.24, 2.45) is 10.9 Å². The van der Waals surface area contributed by atoms with Crippen LogP contribution < -0.4 is 16.4 Å². The van der Waals surface area contributed by atoms with Crippen LogP contribution in [-0.4, -0.2) is 17.1 Å². The summed E-state index contributed by atoms with van der Waals surface area (Å²) in [5, 5.41) is 17.4. The van der Waals surface area contributed by atoms with Crippen molar-refractivity contribution in [2.75, 3.05) is 10.6 Å². The lowest BCUT2D eigenvalue weighted by Crippen LogP contribution is -2.20. The number of carbonyl (C=O) groups excluding carboxylic acids is 1. The Hall–Kier alpha value is -2.73. The predicted octanol–water partition coefficient (Wildman–Crippen LogP) is 3.08. The number of carbonyl (C=O) groups is 1. The minimum absolute atomic E-state index is 0.0308. The first-order valence-electron chi connectivity index (χ1n) is 6.00. The van der Waals surface area contributed by atoms with Crippen LogP contribution in [0.2, 0.25) is 5.02 Å². The van der Waals surface area contributed by atoms with Gasteiger partial charge in [0.2, 0.25) is 0 Å². The van der Waals surface area contributed by atoms with E-state index in [-0.39, 0.29) is 5.84 Å². The summed E-state index contributed by atoms with van der Waals surface area (Å²) >= 11 is 5.77. The Balaban J connectivity index is 2.04. The SMILES string of the molecule is N/C(=N/O)c1cccc(NC(=O)Nc2ccc(Cl)cc2)c1. The molecule has 0 radical (unpaired) electrons. The smallest absolute Gasteiger partial charge is 0.323 e. The Bertz CT molecular complexity index is 671. The molecule has 0 aliphatic heterocycles. The molecule has 0 aromatic heterocycles. The van der Waals surface area contributed by atoms with Crippen molar-refractivity contribution in [2.45, 2.75) is 0 Å². The van der Waals surface area contributed by atoms with Crippen LogP contribution in [0.4, 0.5) is 16.2 Å². The normalized spacial score (nSPS) is 11.0. The van der Waals surface area contributed by atoms with Crippen molar-refractivity contribution in [1.82, 2.24) is 0 Å². The molecule has 2 rings (SSSR count). The standard InChI is InChI=1S/C14H13ClN4O2/c15-10-4-6-11(7-5-10)17-14(20)18-12-3-1-2-9(8-12)13(16)19-21/h1-8,21H,(H2,16,19)(H2,17,18,20). The molecule has 2 aromatic carbocycles. The molecule has 21 heavy (non-hydrogen) atoms. The highest BCUT2D eigenvalue weighted by molar-refractivity contribution is 6.30. The maximum atomic E-state index is 11.9. The number of hydrogen-bond donors (Lipinski definition) is 4. The molecule has 0 heterocycles. The fourth-order valence-corrected chi connectivity index (χ4v) is 1.77. The van der Waals surface area contributed by atoms with Crippen LogP contribution in [0.25, 0.3) is 0 Å². The first-order valence-corrected chi connectivity index (χ1v) is 6.38. The Kier molecular flexibility index (Phi) is 4.63. The third kappa shape index (κ3) is 4.12. The first kappa shape index (κ1) is 14.7. The number of nitrogens with two attached hydrogens (primary N) is 1. The molecule has 2 aromatic rings. The maximum Gasteiger partial charge on any atom is 0.323 e. The van der Waals surface area contributed by atoms with Gasteiger partial charge in [-0.15, -0.1) is 0 Å². The van der Waals surface area contributed by atoms with Gasteiger partial charge in [-0.2, -0.15) is 0 Å². The summed E-state index contributed by atoms with van der Waals surface area (Å²) in [5.74, 6) is -0.0308. The van der Waals surface area contributed by atoms with Gasteiger partial charge in [-0.1, -0.05) is 28.9 Å². The van der Waals surface area contributed by atoms with Gasteiger partial charge in [0.05, 0.1) is 0 Å². The molecular weight excluding hydrogens is 292 g/mol.